The van der Waals surface area contributed by atoms with Crippen LogP contribution in [0.5, 0.6) is 5.75 Å². The minimum Gasteiger partial charge on any atom is -0.489 e. The van der Waals surface area contributed by atoms with Gasteiger partial charge >= 0.3 is 0 Å². The zero-order chi connectivity index (χ0) is 19.4. The maximum atomic E-state index is 12.7. The van der Waals surface area contributed by atoms with E-state index < -0.39 is 10.0 Å². The molecule has 1 aliphatic heterocycles. The van der Waals surface area contributed by atoms with Crippen LogP contribution >= 0.6 is 0 Å². The molecule has 0 bridgehead atoms. The summed E-state index contributed by atoms with van der Waals surface area (Å²) in [5.41, 5.74) is 1.49. The number of nitrogens with zero attached hydrogens (tertiary/aromatic N) is 1. The van der Waals surface area contributed by atoms with Crippen LogP contribution in [0.15, 0.2) is 48.5 Å². The summed E-state index contributed by atoms with van der Waals surface area (Å²) in [6.07, 6.45) is 1.47. The summed E-state index contributed by atoms with van der Waals surface area (Å²) in [7, 11) is -3.32. The first-order valence-electron chi connectivity index (χ1n) is 9.04. The fraction of sp³-hybridized carbons (Fsp3) is 0.350. The van der Waals surface area contributed by atoms with Gasteiger partial charge < -0.3 is 10.1 Å². The van der Waals surface area contributed by atoms with E-state index in [4.69, 9.17) is 4.74 Å². The van der Waals surface area contributed by atoms with Crippen LogP contribution in [0.3, 0.4) is 0 Å². The molecule has 3 rings (SSSR count). The fourth-order valence-corrected chi connectivity index (χ4v) is 4.63. The minimum absolute atomic E-state index is 0.0179. The Morgan fingerprint density at radius 1 is 1.11 bits per heavy atom. The lowest BCUT2D eigenvalue weighted by Gasteiger charge is -2.28. The van der Waals surface area contributed by atoms with Crippen LogP contribution in [0.4, 0.5) is 11.4 Å². The molecule has 0 atom stereocenters. The third-order valence-corrected chi connectivity index (χ3v) is 6.11. The van der Waals surface area contributed by atoms with Crippen molar-refractivity contribution in [2.75, 3.05) is 21.9 Å². The SMILES string of the molecule is CC(C)Oc1ccccc1NC(=O)c1cccc(N2CCCCS2(=O)=O)c1. The lowest BCUT2D eigenvalue weighted by Crippen LogP contribution is -2.37. The van der Waals surface area contributed by atoms with E-state index in [2.05, 4.69) is 5.32 Å². The van der Waals surface area contributed by atoms with Crippen LogP contribution in [0.1, 0.15) is 37.0 Å². The molecule has 144 valence electrons. The monoisotopic (exact) mass is 388 g/mol. The van der Waals surface area contributed by atoms with Gasteiger partial charge in [-0.25, -0.2) is 8.42 Å². The summed E-state index contributed by atoms with van der Waals surface area (Å²) in [6, 6.07) is 13.9. The Morgan fingerprint density at radius 3 is 2.63 bits per heavy atom. The first-order chi connectivity index (χ1) is 12.9. The predicted octanol–water partition coefficient (Wildman–Crippen LogP) is 3.66. The number of ether oxygens (including phenoxy) is 1. The molecule has 1 amide bonds. The number of carbonyl (C=O) groups is 1. The second-order valence-corrected chi connectivity index (χ2v) is 8.78. The summed E-state index contributed by atoms with van der Waals surface area (Å²) in [5, 5.41) is 2.85. The Morgan fingerprint density at radius 2 is 1.89 bits per heavy atom. The molecule has 7 heteroatoms. The molecular weight excluding hydrogens is 364 g/mol. The quantitative estimate of drug-likeness (QED) is 0.848. The maximum Gasteiger partial charge on any atom is 0.255 e. The molecule has 6 nitrogen and oxygen atoms in total. The Kier molecular flexibility index (Phi) is 5.70. The third-order valence-electron chi connectivity index (χ3n) is 4.24. The van der Waals surface area contributed by atoms with E-state index in [0.29, 0.717) is 35.7 Å². The largest absolute Gasteiger partial charge is 0.489 e. The highest BCUT2D eigenvalue weighted by Gasteiger charge is 2.26. The van der Waals surface area contributed by atoms with Crippen LogP contribution in [-0.2, 0) is 10.0 Å². The Labute approximate surface area is 160 Å². The highest BCUT2D eigenvalue weighted by Crippen LogP contribution is 2.27. The number of hydrogen-bond acceptors (Lipinski definition) is 4. The predicted molar refractivity (Wildman–Crippen MR) is 107 cm³/mol. The van der Waals surface area contributed by atoms with E-state index in [-0.39, 0.29) is 17.8 Å². The van der Waals surface area contributed by atoms with Gasteiger partial charge in [-0.05, 0) is 57.0 Å². The number of nitrogens with one attached hydrogen (secondary N) is 1. The Balaban J connectivity index is 1.83. The fourth-order valence-electron chi connectivity index (χ4n) is 3.00. The molecule has 1 fully saturated rings. The number of sulfonamides is 1. The molecule has 0 aliphatic carbocycles. The van der Waals surface area contributed by atoms with Gasteiger partial charge in [-0.2, -0.15) is 0 Å². The number of carbonyl (C=O) groups excluding carboxylic acids is 1. The lowest BCUT2D eigenvalue weighted by molar-refractivity contribution is 0.102. The van der Waals surface area contributed by atoms with Gasteiger partial charge in [0, 0.05) is 12.1 Å². The summed E-state index contributed by atoms with van der Waals surface area (Å²) in [4.78, 5) is 12.7. The van der Waals surface area contributed by atoms with Gasteiger partial charge in [-0.3, -0.25) is 9.10 Å². The van der Waals surface area contributed by atoms with Gasteiger partial charge in [0.05, 0.1) is 23.2 Å². The van der Waals surface area contributed by atoms with Crippen molar-refractivity contribution in [1.29, 1.82) is 0 Å². The maximum absolute atomic E-state index is 12.7. The first-order valence-corrected chi connectivity index (χ1v) is 10.7. The summed E-state index contributed by atoms with van der Waals surface area (Å²) < 4.78 is 31.7. The van der Waals surface area contributed by atoms with E-state index in [1.807, 2.05) is 26.0 Å². The lowest BCUT2D eigenvalue weighted by atomic mass is 10.1. The zero-order valence-corrected chi connectivity index (χ0v) is 16.3. The summed E-state index contributed by atoms with van der Waals surface area (Å²) in [6.45, 7) is 4.28. The number of para-hydroxylation sites is 2. The molecule has 2 aromatic carbocycles. The van der Waals surface area contributed by atoms with Crippen LogP contribution < -0.4 is 14.4 Å². The van der Waals surface area contributed by atoms with Crippen LogP contribution in [0, 0.1) is 0 Å². The number of hydrogen-bond donors (Lipinski definition) is 1. The van der Waals surface area contributed by atoms with E-state index in [1.54, 1.807) is 36.4 Å². The summed E-state index contributed by atoms with van der Waals surface area (Å²) >= 11 is 0. The van der Waals surface area contributed by atoms with E-state index >= 15 is 0 Å². The highest BCUT2D eigenvalue weighted by molar-refractivity contribution is 7.92. The molecule has 2 aromatic rings. The van der Waals surface area contributed by atoms with E-state index in [0.717, 1.165) is 6.42 Å². The van der Waals surface area contributed by atoms with Gasteiger partial charge in [0.2, 0.25) is 10.0 Å². The van der Waals surface area contributed by atoms with Gasteiger partial charge in [0.25, 0.3) is 5.91 Å². The van der Waals surface area contributed by atoms with Crippen molar-refractivity contribution < 1.29 is 17.9 Å². The number of benzene rings is 2. The van der Waals surface area contributed by atoms with Gasteiger partial charge in [-0.1, -0.05) is 18.2 Å². The van der Waals surface area contributed by atoms with Crippen LogP contribution in [0.25, 0.3) is 0 Å². The Hall–Kier alpha value is -2.54. The third kappa shape index (κ3) is 4.60. The molecule has 0 radical (unpaired) electrons. The topological polar surface area (TPSA) is 75.7 Å². The van der Waals surface area contributed by atoms with Gasteiger partial charge in [0.15, 0.2) is 0 Å². The molecule has 0 spiro atoms. The molecular formula is C20H24N2O4S. The van der Waals surface area contributed by atoms with Crippen molar-refractivity contribution >= 4 is 27.3 Å². The Bertz CT molecular complexity index is 925. The van der Waals surface area contributed by atoms with Crippen molar-refractivity contribution in [2.24, 2.45) is 0 Å². The summed E-state index contributed by atoms with van der Waals surface area (Å²) in [5.74, 6) is 0.422. The van der Waals surface area contributed by atoms with E-state index in [1.165, 1.54) is 4.31 Å². The molecule has 0 saturated carbocycles. The van der Waals surface area contributed by atoms with Crippen molar-refractivity contribution in [3.05, 3.63) is 54.1 Å². The van der Waals surface area contributed by atoms with Crippen molar-refractivity contribution in [1.82, 2.24) is 0 Å². The number of amides is 1. The zero-order valence-electron chi connectivity index (χ0n) is 15.5. The molecule has 1 heterocycles. The van der Waals surface area contributed by atoms with Crippen LogP contribution in [-0.4, -0.2) is 32.7 Å². The van der Waals surface area contributed by atoms with Crippen molar-refractivity contribution in [3.8, 4) is 5.75 Å². The number of anilines is 2. The average molecular weight is 388 g/mol. The highest BCUT2D eigenvalue weighted by atomic mass is 32.2. The smallest absolute Gasteiger partial charge is 0.255 e. The second-order valence-electron chi connectivity index (χ2n) is 6.76. The van der Waals surface area contributed by atoms with Crippen LogP contribution in [0.2, 0.25) is 0 Å². The molecule has 0 unspecified atom stereocenters. The van der Waals surface area contributed by atoms with E-state index in [9.17, 15) is 13.2 Å². The average Bonchev–Trinajstić information content (AvgIpc) is 2.62. The first kappa shape index (κ1) is 19.2. The second kappa shape index (κ2) is 8.00. The van der Waals surface area contributed by atoms with Crippen molar-refractivity contribution in [3.63, 3.8) is 0 Å². The van der Waals surface area contributed by atoms with Gasteiger partial charge in [-0.15, -0.1) is 0 Å². The number of rotatable bonds is 5. The standard InChI is InChI=1S/C20H24N2O4S/c1-15(2)26-19-11-4-3-10-18(19)21-20(23)16-8-7-9-17(14-16)22-12-5-6-13-27(22,24)25/h3-4,7-11,14-15H,5-6,12-13H2,1-2H3,(H,21,23). The van der Waals surface area contributed by atoms with Gasteiger partial charge in [0.1, 0.15) is 5.75 Å². The molecule has 1 saturated heterocycles. The molecule has 1 N–H and O–H groups in total. The minimum atomic E-state index is -3.32. The normalized spacial score (nSPS) is 16.2. The molecule has 1 aliphatic rings. The molecule has 27 heavy (non-hydrogen) atoms. The molecule has 0 aromatic heterocycles. The van der Waals surface area contributed by atoms with Crippen molar-refractivity contribution in [2.45, 2.75) is 32.8 Å².